The molecule has 3 rings (SSSR count). The minimum Gasteiger partial charge on any atom is -0.328 e. The molecule has 0 amide bonds. The SMILES string of the molecule is CCCn1c(CC(=O)c2cccnc2)nc2ccccc21. The predicted octanol–water partition coefficient (Wildman–Crippen LogP) is 3.27. The number of Topliss-reactive ketones (excluding diaryl/α,β-unsaturated/α-hetero) is 1. The zero-order valence-electron chi connectivity index (χ0n) is 12.0. The third-order valence-electron chi connectivity index (χ3n) is 3.48. The molecule has 0 aliphatic rings. The molecule has 21 heavy (non-hydrogen) atoms. The predicted molar refractivity (Wildman–Crippen MR) is 82.3 cm³/mol. The molecule has 0 aliphatic heterocycles. The summed E-state index contributed by atoms with van der Waals surface area (Å²) >= 11 is 0. The van der Waals surface area contributed by atoms with Gasteiger partial charge in [-0.25, -0.2) is 4.98 Å². The van der Waals surface area contributed by atoms with Crippen molar-refractivity contribution in [2.45, 2.75) is 26.3 Å². The van der Waals surface area contributed by atoms with Gasteiger partial charge in [0.1, 0.15) is 5.82 Å². The van der Waals surface area contributed by atoms with Crippen molar-refractivity contribution in [3.63, 3.8) is 0 Å². The maximum atomic E-state index is 12.4. The highest BCUT2D eigenvalue weighted by Crippen LogP contribution is 2.18. The van der Waals surface area contributed by atoms with E-state index in [4.69, 9.17) is 0 Å². The van der Waals surface area contributed by atoms with Gasteiger partial charge in [-0.05, 0) is 30.7 Å². The number of carbonyl (C=O) groups excluding carboxylic acids is 1. The quantitative estimate of drug-likeness (QED) is 0.673. The average Bonchev–Trinajstić information content (AvgIpc) is 2.86. The van der Waals surface area contributed by atoms with E-state index in [1.807, 2.05) is 18.2 Å². The number of pyridine rings is 1. The van der Waals surface area contributed by atoms with Gasteiger partial charge in [0, 0.05) is 24.5 Å². The van der Waals surface area contributed by atoms with Crippen molar-refractivity contribution >= 4 is 16.8 Å². The first-order valence-corrected chi connectivity index (χ1v) is 7.17. The highest BCUT2D eigenvalue weighted by Gasteiger charge is 2.14. The minimum atomic E-state index is 0.0516. The van der Waals surface area contributed by atoms with E-state index < -0.39 is 0 Å². The van der Waals surface area contributed by atoms with E-state index in [1.165, 1.54) is 0 Å². The fourth-order valence-corrected chi connectivity index (χ4v) is 2.51. The zero-order chi connectivity index (χ0) is 14.7. The second kappa shape index (κ2) is 5.87. The summed E-state index contributed by atoms with van der Waals surface area (Å²) in [6.45, 7) is 3.00. The van der Waals surface area contributed by atoms with Gasteiger partial charge in [0.05, 0.1) is 17.5 Å². The maximum absolute atomic E-state index is 12.4. The maximum Gasteiger partial charge on any atom is 0.171 e. The van der Waals surface area contributed by atoms with Gasteiger partial charge in [-0.1, -0.05) is 19.1 Å². The average molecular weight is 279 g/mol. The number of aromatic nitrogens is 3. The summed E-state index contributed by atoms with van der Waals surface area (Å²) in [6, 6.07) is 11.6. The molecule has 0 unspecified atom stereocenters. The normalized spacial score (nSPS) is 10.9. The molecular weight excluding hydrogens is 262 g/mol. The Labute approximate surface area is 123 Å². The number of fused-ring (bicyclic) bond motifs is 1. The number of benzene rings is 1. The van der Waals surface area contributed by atoms with Crippen molar-refractivity contribution in [1.29, 1.82) is 0 Å². The van der Waals surface area contributed by atoms with Crippen LogP contribution in [0.15, 0.2) is 48.8 Å². The second-order valence-electron chi connectivity index (χ2n) is 5.01. The Balaban J connectivity index is 1.96. The Morgan fingerprint density at radius 3 is 2.81 bits per heavy atom. The molecule has 3 aromatic rings. The van der Waals surface area contributed by atoms with Crippen LogP contribution >= 0.6 is 0 Å². The molecule has 0 bridgehead atoms. The first-order chi connectivity index (χ1) is 10.3. The monoisotopic (exact) mass is 279 g/mol. The van der Waals surface area contributed by atoms with Crippen LogP contribution < -0.4 is 0 Å². The molecule has 0 saturated carbocycles. The number of para-hydroxylation sites is 2. The molecule has 4 heteroatoms. The van der Waals surface area contributed by atoms with E-state index in [1.54, 1.807) is 24.5 Å². The van der Waals surface area contributed by atoms with Crippen molar-refractivity contribution < 1.29 is 4.79 Å². The molecule has 106 valence electrons. The van der Waals surface area contributed by atoms with Gasteiger partial charge in [-0.15, -0.1) is 0 Å². The molecule has 2 aromatic heterocycles. The summed E-state index contributed by atoms with van der Waals surface area (Å²) < 4.78 is 2.14. The van der Waals surface area contributed by atoms with Crippen molar-refractivity contribution in [2.24, 2.45) is 0 Å². The third kappa shape index (κ3) is 2.70. The van der Waals surface area contributed by atoms with Crippen LogP contribution in [0.25, 0.3) is 11.0 Å². The standard InChI is InChI=1S/C17H17N3O/c1-2-10-20-15-8-4-3-7-14(15)19-17(20)11-16(21)13-6-5-9-18-12-13/h3-9,12H,2,10-11H2,1H3. The number of carbonyl (C=O) groups is 1. The van der Waals surface area contributed by atoms with Crippen LogP contribution in [0.4, 0.5) is 0 Å². The molecule has 0 saturated heterocycles. The first-order valence-electron chi connectivity index (χ1n) is 7.17. The van der Waals surface area contributed by atoms with Crippen LogP contribution in [0, 0.1) is 0 Å². The van der Waals surface area contributed by atoms with Crippen LogP contribution in [-0.2, 0) is 13.0 Å². The van der Waals surface area contributed by atoms with Crippen LogP contribution in [0.5, 0.6) is 0 Å². The highest BCUT2D eigenvalue weighted by molar-refractivity contribution is 5.97. The van der Waals surface area contributed by atoms with Gasteiger partial charge >= 0.3 is 0 Å². The number of nitrogens with zero attached hydrogens (tertiary/aromatic N) is 3. The Morgan fingerprint density at radius 1 is 1.19 bits per heavy atom. The topological polar surface area (TPSA) is 47.8 Å². The lowest BCUT2D eigenvalue weighted by atomic mass is 10.1. The molecule has 0 atom stereocenters. The van der Waals surface area contributed by atoms with E-state index in [2.05, 4.69) is 27.5 Å². The highest BCUT2D eigenvalue weighted by atomic mass is 16.1. The van der Waals surface area contributed by atoms with Crippen molar-refractivity contribution in [3.05, 3.63) is 60.2 Å². The lowest BCUT2D eigenvalue weighted by Gasteiger charge is -2.07. The molecule has 1 aromatic carbocycles. The number of rotatable bonds is 5. The summed E-state index contributed by atoms with van der Waals surface area (Å²) in [4.78, 5) is 21.0. The largest absolute Gasteiger partial charge is 0.328 e. The van der Waals surface area contributed by atoms with Crippen LogP contribution in [0.2, 0.25) is 0 Å². The summed E-state index contributed by atoms with van der Waals surface area (Å²) in [6.07, 6.45) is 4.59. The third-order valence-corrected chi connectivity index (χ3v) is 3.48. The molecule has 4 nitrogen and oxygen atoms in total. The van der Waals surface area contributed by atoms with Gasteiger partial charge in [-0.3, -0.25) is 9.78 Å². The van der Waals surface area contributed by atoms with Crippen LogP contribution in [-0.4, -0.2) is 20.3 Å². The van der Waals surface area contributed by atoms with Gasteiger partial charge in [0.2, 0.25) is 0 Å². The smallest absolute Gasteiger partial charge is 0.171 e. The molecule has 2 heterocycles. The number of hydrogen-bond acceptors (Lipinski definition) is 3. The summed E-state index contributed by atoms with van der Waals surface area (Å²) in [5, 5.41) is 0. The van der Waals surface area contributed by atoms with Crippen molar-refractivity contribution in [2.75, 3.05) is 0 Å². The number of aryl methyl sites for hydroxylation is 1. The summed E-state index contributed by atoms with van der Waals surface area (Å²) in [5.41, 5.74) is 2.67. The zero-order valence-corrected chi connectivity index (χ0v) is 12.0. The van der Waals surface area contributed by atoms with Crippen molar-refractivity contribution in [1.82, 2.24) is 14.5 Å². The summed E-state index contributed by atoms with van der Waals surface area (Å²) in [5.74, 6) is 0.877. The summed E-state index contributed by atoms with van der Waals surface area (Å²) in [7, 11) is 0. The second-order valence-corrected chi connectivity index (χ2v) is 5.01. The fourth-order valence-electron chi connectivity index (χ4n) is 2.51. The Kier molecular flexibility index (Phi) is 3.77. The van der Waals surface area contributed by atoms with Crippen LogP contribution in [0.3, 0.4) is 0 Å². The number of hydrogen-bond donors (Lipinski definition) is 0. The molecule has 0 fully saturated rings. The number of ketones is 1. The van der Waals surface area contributed by atoms with Gasteiger partial charge in [0.15, 0.2) is 5.78 Å². The molecular formula is C17H17N3O. The molecule has 0 radical (unpaired) electrons. The lowest BCUT2D eigenvalue weighted by molar-refractivity contribution is 0.0989. The fraction of sp³-hybridized carbons (Fsp3) is 0.235. The molecule has 0 spiro atoms. The lowest BCUT2D eigenvalue weighted by Crippen LogP contribution is -2.10. The van der Waals surface area contributed by atoms with Crippen molar-refractivity contribution in [3.8, 4) is 0 Å². The Hall–Kier alpha value is -2.49. The Bertz CT molecular complexity index is 762. The van der Waals surface area contributed by atoms with E-state index in [-0.39, 0.29) is 5.78 Å². The van der Waals surface area contributed by atoms with Crippen LogP contribution in [0.1, 0.15) is 29.5 Å². The van der Waals surface area contributed by atoms with E-state index >= 15 is 0 Å². The van der Waals surface area contributed by atoms with E-state index in [0.717, 1.165) is 29.8 Å². The van der Waals surface area contributed by atoms with Gasteiger partial charge in [0.25, 0.3) is 0 Å². The van der Waals surface area contributed by atoms with Gasteiger partial charge in [-0.2, -0.15) is 0 Å². The first kappa shape index (κ1) is 13.5. The Morgan fingerprint density at radius 2 is 2.05 bits per heavy atom. The van der Waals surface area contributed by atoms with E-state index in [9.17, 15) is 4.79 Å². The molecule has 0 N–H and O–H groups in total. The minimum absolute atomic E-state index is 0.0516. The van der Waals surface area contributed by atoms with E-state index in [0.29, 0.717) is 12.0 Å². The van der Waals surface area contributed by atoms with Gasteiger partial charge < -0.3 is 4.57 Å². The number of imidazole rings is 1. The molecule has 0 aliphatic carbocycles.